The van der Waals surface area contributed by atoms with Crippen molar-refractivity contribution in [1.82, 2.24) is 5.43 Å². The van der Waals surface area contributed by atoms with Crippen LogP contribution in [-0.4, -0.2) is 33.0 Å². The van der Waals surface area contributed by atoms with Gasteiger partial charge in [-0.1, -0.05) is 18.2 Å². The topological polar surface area (TPSA) is 65.7 Å². The van der Waals surface area contributed by atoms with E-state index in [0.29, 0.717) is 13.2 Å². The van der Waals surface area contributed by atoms with Gasteiger partial charge in [0.05, 0.1) is 18.8 Å². The number of methoxy groups -OCH3 is 1. The van der Waals surface area contributed by atoms with E-state index < -0.39 is 0 Å². The van der Waals surface area contributed by atoms with Crippen LogP contribution in [0.1, 0.15) is 37.3 Å². The van der Waals surface area contributed by atoms with Crippen LogP contribution in [0.2, 0.25) is 0 Å². The van der Waals surface area contributed by atoms with Crippen LogP contribution in [0.3, 0.4) is 0 Å². The van der Waals surface area contributed by atoms with Crippen LogP contribution in [0.5, 0.6) is 5.75 Å². The highest BCUT2D eigenvalue weighted by molar-refractivity contribution is 5.36. The predicted octanol–water partition coefficient (Wildman–Crippen LogP) is 2.18. The third-order valence-electron chi connectivity index (χ3n) is 3.81. The van der Waals surface area contributed by atoms with Crippen molar-refractivity contribution in [3.63, 3.8) is 0 Å². The lowest BCUT2D eigenvalue weighted by Crippen LogP contribution is -2.33. The van der Waals surface area contributed by atoms with E-state index >= 15 is 0 Å². The summed E-state index contributed by atoms with van der Waals surface area (Å²) in [4.78, 5) is 0. The summed E-state index contributed by atoms with van der Waals surface area (Å²) in [5, 5.41) is 0. The highest BCUT2D eigenvalue weighted by atomic mass is 16.5. The molecule has 1 aromatic rings. The molecule has 1 aromatic carbocycles. The number of hydrogen-bond acceptors (Lipinski definition) is 5. The quantitative estimate of drug-likeness (QED) is 0.437. The number of nitrogens with two attached hydrogens (primary N) is 1. The lowest BCUT2D eigenvalue weighted by Gasteiger charge is -2.27. The molecule has 5 nitrogen and oxygen atoms in total. The first kappa shape index (κ1) is 16.2. The smallest absolute Gasteiger partial charge is 0.124 e. The number of hydrazine groups is 1. The van der Waals surface area contributed by atoms with Crippen molar-refractivity contribution in [1.29, 1.82) is 0 Å². The van der Waals surface area contributed by atoms with Gasteiger partial charge in [-0.15, -0.1) is 0 Å². The Morgan fingerprint density at radius 1 is 1.33 bits per heavy atom. The fraction of sp³-hybridized carbons (Fsp3) is 0.625. The number of nitrogens with one attached hydrogen (secondary N) is 1. The second kappa shape index (κ2) is 9.00. The molecule has 1 aliphatic heterocycles. The summed E-state index contributed by atoms with van der Waals surface area (Å²) in [6, 6.07) is 8.03. The van der Waals surface area contributed by atoms with Crippen molar-refractivity contribution < 1.29 is 14.2 Å². The average molecular weight is 294 g/mol. The van der Waals surface area contributed by atoms with Gasteiger partial charge in [-0.2, -0.15) is 0 Å². The van der Waals surface area contributed by atoms with Crippen LogP contribution in [-0.2, 0) is 9.47 Å². The van der Waals surface area contributed by atoms with E-state index in [2.05, 4.69) is 11.5 Å². The zero-order chi connectivity index (χ0) is 14.9. The van der Waals surface area contributed by atoms with Gasteiger partial charge in [-0.3, -0.25) is 11.3 Å². The van der Waals surface area contributed by atoms with E-state index in [0.717, 1.165) is 37.2 Å². The fourth-order valence-electron chi connectivity index (χ4n) is 2.68. The minimum Gasteiger partial charge on any atom is -0.491 e. The van der Waals surface area contributed by atoms with Gasteiger partial charge in [-0.05, 0) is 31.7 Å². The van der Waals surface area contributed by atoms with Crippen LogP contribution >= 0.6 is 0 Å². The number of rotatable bonds is 8. The van der Waals surface area contributed by atoms with E-state index in [1.54, 1.807) is 7.11 Å². The van der Waals surface area contributed by atoms with Gasteiger partial charge in [0, 0.05) is 19.3 Å². The molecule has 2 unspecified atom stereocenters. The van der Waals surface area contributed by atoms with Crippen LogP contribution in [0.4, 0.5) is 0 Å². The lowest BCUT2D eigenvalue weighted by molar-refractivity contribution is 0.00484. The average Bonchev–Trinajstić information content (AvgIpc) is 2.54. The van der Waals surface area contributed by atoms with Gasteiger partial charge in [0.2, 0.25) is 0 Å². The van der Waals surface area contributed by atoms with Gasteiger partial charge in [0.1, 0.15) is 12.4 Å². The molecular formula is C16H26N2O3. The van der Waals surface area contributed by atoms with Crippen LogP contribution in [0.25, 0.3) is 0 Å². The maximum absolute atomic E-state index is 5.81. The molecule has 0 spiro atoms. The first-order chi connectivity index (χ1) is 10.3. The minimum atomic E-state index is 0.0341. The van der Waals surface area contributed by atoms with Crippen LogP contribution in [0.15, 0.2) is 24.3 Å². The Hall–Kier alpha value is -1.14. The number of benzene rings is 1. The summed E-state index contributed by atoms with van der Waals surface area (Å²) >= 11 is 0. The number of ether oxygens (including phenoxy) is 3. The van der Waals surface area contributed by atoms with Crippen molar-refractivity contribution in [2.45, 2.75) is 37.8 Å². The largest absolute Gasteiger partial charge is 0.491 e. The zero-order valence-corrected chi connectivity index (χ0v) is 12.7. The van der Waals surface area contributed by atoms with Crippen LogP contribution in [0, 0.1) is 0 Å². The number of hydrogen-bond donors (Lipinski definition) is 2. The van der Waals surface area contributed by atoms with E-state index in [4.69, 9.17) is 20.1 Å². The molecule has 0 aromatic heterocycles. The molecule has 1 aliphatic rings. The minimum absolute atomic E-state index is 0.0341. The Balaban J connectivity index is 2.02. The Morgan fingerprint density at radius 3 is 2.90 bits per heavy atom. The lowest BCUT2D eigenvalue weighted by atomic mass is 9.96. The summed E-state index contributed by atoms with van der Waals surface area (Å²) in [6.45, 7) is 1.96. The maximum Gasteiger partial charge on any atom is 0.124 e. The molecule has 0 saturated carbocycles. The first-order valence-corrected chi connectivity index (χ1v) is 7.63. The summed E-state index contributed by atoms with van der Waals surface area (Å²) in [6.07, 6.45) is 4.63. The molecule has 2 rings (SSSR count). The molecule has 1 saturated heterocycles. The van der Waals surface area contributed by atoms with E-state index in [1.807, 2.05) is 18.2 Å². The molecule has 0 amide bonds. The second-order valence-corrected chi connectivity index (χ2v) is 5.32. The van der Waals surface area contributed by atoms with Crippen molar-refractivity contribution in [2.75, 3.05) is 26.9 Å². The number of para-hydroxylation sites is 1. The van der Waals surface area contributed by atoms with E-state index in [9.17, 15) is 0 Å². The van der Waals surface area contributed by atoms with Crippen molar-refractivity contribution in [3.8, 4) is 5.75 Å². The molecule has 1 fully saturated rings. The Labute approximate surface area is 126 Å². The molecular weight excluding hydrogens is 268 g/mol. The highest BCUT2D eigenvalue weighted by Crippen LogP contribution is 2.30. The van der Waals surface area contributed by atoms with Gasteiger partial charge in [-0.25, -0.2) is 0 Å². The third-order valence-corrected chi connectivity index (χ3v) is 3.81. The maximum atomic E-state index is 5.81. The Bertz CT molecular complexity index is 408. The second-order valence-electron chi connectivity index (χ2n) is 5.32. The molecule has 0 aliphatic carbocycles. The fourth-order valence-corrected chi connectivity index (χ4v) is 2.68. The summed E-state index contributed by atoms with van der Waals surface area (Å²) in [7, 11) is 1.67. The molecule has 0 bridgehead atoms. The van der Waals surface area contributed by atoms with E-state index in [-0.39, 0.29) is 12.1 Å². The van der Waals surface area contributed by atoms with Crippen LogP contribution < -0.4 is 16.0 Å². The summed E-state index contributed by atoms with van der Waals surface area (Å²) in [5.41, 5.74) is 3.98. The monoisotopic (exact) mass is 294 g/mol. The van der Waals surface area contributed by atoms with Gasteiger partial charge < -0.3 is 14.2 Å². The van der Waals surface area contributed by atoms with Gasteiger partial charge in [0.15, 0.2) is 0 Å². The highest BCUT2D eigenvalue weighted by Gasteiger charge is 2.22. The standard InChI is InChI=1S/C16H26N2O3/c1-19-10-11-21-16-8-3-2-7-14(16)15(18-17)12-13-6-4-5-9-20-13/h2-3,7-8,13,15,18H,4-6,9-12,17H2,1H3. The van der Waals surface area contributed by atoms with Gasteiger partial charge in [0.25, 0.3) is 0 Å². The van der Waals surface area contributed by atoms with Crippen molar-refractivity contribution in [2.24, 2.45) is 5.84 Å². The summed E-state index contributed by atoms with van der Waals surface area (Å²) in [5.74, 6) is 6.61. The molecule has 0 radical (unpaired) electrons. The predicted molar refractivity (Wildman–Crippen MR) is 82.1 cm³/mol. The summed E-state index contributed by atoms with van der Waals surface area (Å²) < 4.78 is 16.6. The molecule has 2 atom stereocenters. The SMILES string of the molecule is COCCOc1ccccc1C(CC1CCCCO1)NN. The normalized spacial score (nSPS) is 20.2. The first-order valence-electron chi connectivity index (χ1n) is 7.63. The van der Waals surface area contributed by atoms with Crippen molar-refractivity contribution in [3.05, 3.63) is 29.8 Å². The molecule has 5 heteroatoms. The van der Waals surface area contributed by atoms with Gasteiger partial charge >= 0.3 is 0 Å². The van der Waals surface area contributed by atoms with Crippen molar-refractivity contribution >= 4 is 0 Å². The van der Waals surface area contributed by atoms with E-state index in [1.165, 1.54) is 6.42 Å². The third kappa shape index (κ3) is 4.97. The molecule has 1 heterocycles. The molecule has 3 N–H and O–H groups in total. The Kier molecular flexibility index (Phi) is 6.95. The molecule has 21 heavy (non-hydrogen) atoms. The Morgan fingerprint density at radius 2 is 2.19 bits per heavy atom. The zero-order valence-electron chi connectivity index (χ0n) is 12.7. The molecule has 118 valence electrons.